The minimum Gasteiger partial charge on any atom is -0.497 e. The van der Waals surface area contributed by atoms with E-state index in [0.29, 0.717) is 24.9 Å². The molecule has 3 heterocycles. The van der Waals surface area contributed by atoms with Crippen molar-refractivity contribution in [3.63, 3.8) is 0 Å². The largest absolute Gasteiger partial charge is 0.497 e. The van der Waals surface area contributed by atoms with Gasteiger partial charge in [-0.2, -0.15) is 0 Å². The summed E-state index contributed by atoms with van der Waals surface area (Å²) in [6, 6.07) is 7.59. The van der Waals surface area contributed by atoms with Crippen LogP contribution in [0.4, 0.5) is 0 Å². The van der Waals surface area contributed by atoms with Gasteiger partial charge in [0, 0.05) is 44.8 Å². The molecule has 2 aliphatic heterocycles. The molecule has 8 heteroatoms. The summed E-state index contributed by atoms with van der Waals surface area (Å²) < 4.78 is 11.0. The first-order valence-corrected chi connectivity index (χ1v) is 10.9. The molecule has 0 saturated carbocycles. The minimum absolute atomic E-state index is 0.284. The van der Waals surface area contributed by atoms with Crippen LogP contribution in [-0.4, -0.2) is 83.7 Å². The van der Waals surface area contributed by atoms with E-state index in [4.69, 9.17) is 9.15 Å². The van der Waals surface area contributed by atoms with E-state index in [1.54, 1.807) is 7.11 Å². The highest BCUT2D eigenvalue weighted by Gasteiger charge is 2.23. The highest BCUT2D eigenvalue weighted by atomic mass is 16.5. The molecular formula is C22H31N5O3. The normalized spacial score (nSPS) is 18.9. The number of carbonyl (C=O) groups is 1. The maximum atomic E-state index is 12.6. The van der Waals surface area contributed by atoms with Gasteiger partial charge >= 0.3 is 0 Å². The van der Waals surface area contributed by atoms with E-state index in [9.17, 15) is 4.79 Å². The molecule has 8 nitrogen and oxygen atoms in total. The molecule has 1 aromatic heterocycles. The van der Waals surface area contributed by atoms with Crippen LogP contribution in [0.3, 0.4) is 0 Å². The molecule has 2 aromatic rings. The molecular weight excluding hydrogens is 382 g/mol. The van der Waals surface area contributed by atoms with Crippen molar-refractivity contribution < 1.29 is 13.9 Å². The summed E-state index contributed by atoms with van der Waals surface area (Å²) in [4.78, 5) is 19.2. The molecule has 0 atom stereocenters. The van der Waals surface area contributed by atoms with Gasteiger partial charge in [-0.25, -0.2) is 0 Å². The van der Waals surface area contributed by atoms with Crippen molar-refractivity contribution in [1.29, 1.82) is 0 Å². The Bertz CT molecular complexity index is 806. The number of rotatable bonds is 6. The SMILES string of the molecule is COc1ccc(-c2nnc(CN3CCN(CC(=O)N4CCCCCC4)CC3)o2)cc1. The van der Waals surface area contributed by atoms with Gasteiger partial charge in [-0.1, -0.05) is 12.8 Å². The first-order valence-electron chi connectivity index (χ1n) is 10.9. The van der Waals surface area contributed by atoms with Gasteiger partial charge in [0.25, 0.3) is 0 Å². The van der Waals surface area contributed by atoms with Crippen molar-refractivity contribution in [3.05, 3.63) is 30.2 Å². The number of hydrogen-bond acceptors (Lipinski definition) is 7. The molecule has 0 radical (unpaired) electrons. The topological polar surface area (TPSA) is 74.9 Å². The molecule has 1 aromatic carbocycles. The Labute approximate surface area is 177 Å². The van der Waals surface area contributed by atoms with Gasteiger partial charge in [0.05, 0.1) is 20.2 Å². The number of nitrogens with zero attached hydrogens (tertiary/aromatic N) is 5. The predicted molar refractivity (Wildman–Crippen MR) is 113 cm³/mol. The standard InChI is InChI=1S/C22H31N5O3/c1-29-19-8-6-18(7-9-19)22-24-23-20(30-22)16-25-12-14-26(15-13-25)17-21(28)27-10-4-2-3-5-11-27/h6-9H,2-5,10-17H2,1H3. The summed E-state index contributed by atoms with van der Waals surface area (Å²) in [7, 11) is 1.64. The molecule has 4 rings (SSSR count). The lowest BCUT2D eigenvalue weighted by molar-refractivity contribution is -0.132. The molecule has 0 N–H and O–H groups in total. The van der Waals surface area contributed by atoms with Crippen LogP contribution in [0.25, 0.3) is 11.5 Å². The number of methoxy groups -OCH3 is 1. The fraction of sp³-hybridized carbons (Fsp3) is 0.591. The third kappa shape index (κ3) is 5.37. The van der Waals surface area contributed by atoms with Crippen LogP contribution in [-0.2, 0) is 11.3 Å². The second-order valence-corrected chi connectivity index (χ2v) is 8.08. The van der Waals surface area contributed by atoms with Crippen molar-refractivity contribution in [2.75, 3.05) is 52.9 Å². The van der Waals surface area contributed by atoms with Crippen LogP contribution in [0.15, 0.2) is 28.7 Å². The average molecular weight is 414 g/mol. The maximum Gasteiger partial charge on any atom is 0.247 e. The number of amides is 1. The Balaban J connectivity index is 1.24. The maximum absolute atomic E-state index is 12.6. The molecule has 0 spiro atoms. The molecule has 162 valence electrons. The van der Waals surface area contributed by atoms with Crippen LogP contribution < -0.4 is 4.74 Å². The molecule has 2 aliphatic rings. The third-order valence-corrected chi connectivity index (χ3v) is 5.95. The summed E-state index contributed by atoms with van der Waals surface area (Å²) in [5.41, 5.74) is 0.881. The number of benzene rings is 1. The molecule has 30 heavy (non-hydrogen) atoms. The Hall–Kier alpha value is -2.45. The fourth-order valence-electron chi connectivity index (χ4n) is 4.08. The van der Waals surface area contributed by atoms with Gasteiger partial charge < -0.3 is 14.1 Å². The van der Waals surface area contributed by atoms with E-state index in [0.717, 1.165) is 63.4 Å². The number of carbonyl (C=O) groups excluding carboxylic acids is 1. The third-order valence-electron chi connectivity index (χ3n) is 5.95. The number of ether oxygens (including phenoxy) is 1. The van der Waals surface area contributed by atoms with Gasteiger partial charge in [-0.05, 0) is 37.1 Å². The van der Waals surface area contributed by atoms with Crippen molar-refractivity contribution in [1.82, 2.24) is 24.9 Å². The summed E-state index contributed by atoms with van der Waals surface area (Å²) in [5, 5.41) is 8.38. The van der Waals surface area contributed by atoms with Gasteiger partial charge in [-0.15, -0.1) is 10.2 Å². The lowest BCUT2D eigenvalue weighted by Gasteiger charge is -2.34. The van der Waals surface area contributed by atoms with Crippen LogP contribution >= 0.6 is 0 Å². The summed E-state index contributed by atoms with van der Waals surface area (Å²) in [6.45, 7) is 6.59. The van der Waals surface area contributed by atoms with Gasteiger partial charge in [0.15, 0.2) is 0 Å². The zero-order valence-electron chi connectivity index (χ0n) is 17.8. The Morgan fingerprint density at radius 2 is 1.60 bits per heavy atom. The number of piperazine rings is 1. The van der Waals surface area contributed by atoms with Crippen molar-refractivity contribution in [3.8, 4) is 17.2 Å². The zero-order valence-corrected chi connectivity index (χ0v) is 17.8. The molecule has 2 fully saturated rings. The van der Waals surface area contributed by atoms with Crippen LogP contribution in [0.5, 0.6) is 5.75 Å². The first-order chi connectivity index (χ1) is 14.7. The van der Waals surface area contributed by atoms with Gasteiger partial charge in [-0.3, -0.25) is 14.6 Å². The molecule has 1 amide bonds. The average Bonchev–Trinajstić information content (AvgIpc) is 3.06. The molecule has 0 unspecified atom stereocenters. The van der Waals surface area contributed by atoms with E-state index in [-0.39, 0.29) is 5.91 Å². The zero-order chi connectivity index (χ0) is 20.8. The number of hydrogen-bond donors (Lipinski definition) is 0. The monoisotopic (exact) mass is 413 g/mol. The summed E-state index contributed by atoms with van der Waals surface area (Å²) >= 11 is 0. The van der Waals surface area contributed by atoms with E-state index >= 15 is 0 Å². The molecule has 0 bridgehead atoms. The van der Waals surface area contributed by atoms with Gasteiger partial charge in [0.2, 0.25) is 17.7 Å². The lowest BCUT2D eigenvalue weighted by atomic mass is 10.2. The second-order valence-electron chi connectivity index (χ2n) is 8.08. The summed E-state index contributed by atoms with van der Waals surface area (Å²) in [5.74, 6) is 2.22. The number of likely N-dealkylation sites (tertiary alicyclic amines) is 1. The predicted octanol–water partition coefficient (Wildman–Crippen LogP) is 2.27. The van der Waals surface area contributed by atoms with E-state index < -0.39 is 0 Å². The van der Waals surface area contributed by atoms with Gasteiger partial charge in [0.1, 0.15) is 5.75 Å². The Kier molecular flexibility index (Phi) is 6.96. The van der Waals surface area contributed by atoms with E-state index in [1.807, 2.05) is 24.3 Å². The minimum atomic E-state index is 0.284. The van der Waals surface area contributed by atoms with Crippen LogP contribution in [0.2, 0.25) is 0 Å². The van der Waals surface area contributed by atoms with Crippen molar-refractivity contribution in [2.45, 2.75) is 32.2 Å². The molecule has 2 saturated heterocycles. The van der Waals surface area contributed by atoms with E-state index in [1.165, 1.54) is 12.8 Å². The highest BCUT2D eigenvalue weighted by molar-refractivity contribution is 5.78. The highest BCUT2D eigenvalue weighted by Crippen LogP contribution is 2.21. The first kappa shape index (κ1) is 20.8. The number of aromatic nitrogens is 2. The smallest absolute Gasteiger partial charge is 0.247 e. The van der Waals surface area contributed by atoms with Crippen molar-refractivity contribution >= 4 is 5.91 Å². The van der Waals surface area contributed by atoms with Crippen molar-refractivity contribution in [2.24, 2.45) is 0 Å². The quantitative estimate of drug-likeness (QED) is 0.719. The Morgan fingerprint density at radius 1 is 0.933 bits per heavy atom. The van der Waals surface area contributed by atoms with Crippen LogP contribution in [0, 0.1) is 0 Å². The van der Waals surface area contributed by atoms with E-state index in [2.05, 4.69) is 24.9 Å². The lowest BCUT2D eigenvalue weighted by Crippen LogP contribution is -2.49. The fourth-order valence-corrected chi connectivity index (χ4v) is 4.08. The summed E-state index contributed by atoms with van der Waals surface area (Å²) in [6.07, 6.45) is 4.78. The Morgan fingerprint density at radius 3 is 2.27 bits per heavy atom. The van der Waals surface area contributed by atoms with Crippen LogP contribution in [0.1, 0.15) is 31.6 Å². The second kappa shape index (κ2) is 10.0. The molecule has 0 aliphatic carbocycles.